The second-order valence-corrected chi connectivity index (χ2v) is 4.87. The van der Waals surface area contributed by atoms with E-state index in [-0.39, 0.29) is 12.2 Å². The van der Waals surface area contributed by atoms with Gasteiger partial charge in [0.25, 0.3) is 0 Å². The van der Waals surface area contributed by atoms with Crippen LogP contribution in [-0.2, 0) is 6.42 Å². The number of carbonyl (C=O) groups excluding carboxylic acids is 1. The van der Waals surface area contributed by atoms with E-state index < -0.39 is 5.82 Å². The molecular weight excluding hydrogens is 241 g/mol. The quantitative estimate of drug-likeness (QED) is 0.787. The zero-order chi connectivity index (χ0) is 14.0. The number of aromatic nitrogens is 1. The van der Waals surface area contributed by atoms with Crippen molar-refractivity contribution in [3.05, 3.63) is 64.2 Å². The van der Waals surface area contributed by atoms with E-state index in [0.717, 1.165) is 22.9 Å². The molecule has 0 amide bonds. The topological polar surface area (TPSA) is 30.0 Å². The Morgan fingerprint density at radius 3 is 2.32 bits per heavy atom. The lowest BCUT2D eigenvalue weighted by atomic mass is 9.94. The van der Waals surface area contributed by atoms with Crippen molar-refractivity contribution in [2.75, 3.05) is 0 Å². The summed E-state index contributed by atoms with van der Waals surface area (Å²) in [7, 11) is 0. The lowest BCUT2D eigenvalue weighted by molar-refractivity contribution is 0.0991. The summed E-state index contributed by atoms with van der Waals surface area (Å²) >= 11 is 0. The first-order valence-electron chi connectivity index (χ1n) is 6.18. The SMILES string of the molecule is Cc1cc(C)c(CC(=O)c2cncc(F)c2)c(C)c1. The van der Waals surface area contributed by atoms with Gasteiger partial charge < -0.3 is 0 Å². The predicted octanol–water partition coefficient (Wildman–Crippen LogP) is 3.57. The minimum atomic E-state index is -0.483. The van der Waals surface area contributed by atoms with Crippen molar-refractivity contribution in [3.8, 4) is 0 Å². The molecule has 1 heterocycles. The first-order chi connectivity index (χ1) is 8.97. The van der Waals surface area contributed by atoms with Crippen LogP contribution in [0.25, 0.3) is 0 Å². The van der Waals surface area contributed by atoms with E-state index in [1.54, 1.807) is 0 Å². The van der Waals surface area contributed by atoms with Crippen LogP contribution in [-0.4, -0.2) is 10.8 Å². The summed E-state index contributed by atoms with van der Waals surface area (Å²) in [6.45, 7) is 6.01. The summed E-state index contributed by atoms with van der Waals surface area (Å²) in [6, 6.07) is 5.34. The van der Waals surface area contributed by atoms with Gasteiger partial charge in [0.2, 0.25) is 0 Å². The van der Waals surface area contributed by atoms with Crippen LogP contribution in [0.2, 0.25) is 0 Å². The average Bonchev–Trinajstić information content (AvgIpc) is 2.33. The number of carbonyl (C=O) groups is 1. The van der Waals surface area contributed by atoms with Crippen molar-refractivity contribution in [3.63, 3.8) is 0 Å². The third-order valence-corrected chi connectivity index (χ3v) is 3.20. The molecule has 1 aromatic heterocycles. The molecule has 0 aliphatic heterocycles. The molecule has 0 spiro atoms. The van der Waals surface area contributed by atoms with Gasteiger partial charge in [-0.15, -0.1) is 0 Å². The number of halogens is 1. The maximum atomic E-state index is 13.1. The van der Waals surface area contributed by atoms with Crippen LogP contribution in [0.3, 0.4) is 0 Å². The standard InChI is InChI=1S/C16H16FNO/c1-10-4-11(2)15(12(3)5-10)7-16(19)13-6-14(17)9-18-8-13/h4-6,8-9H,7H2,1-3H3. The highest BCUT2D eigenvalue weighted by molar-refractivity contribution is 5.97. The van der Waals surface area contributed by atoms with E-state index in [0.29, 0.717) is 5.56 Å². The molecule has 0 fully saturated rings. The average molecular weight is 257 g/mol. The number of Topliss-reactive ketones (excluding diaryl/α,β-unsaturated/α-hetero) is 1. The predicted molar refractivity (Wildman–Crippen MR) is 72.9 cm³/mol. The van der Waals surface area contributed by atoms with E-state index in [2.05, 4.69) is 17.1 Å². The number of hydrogen-bond donors (Lipinski definition) is 0. The molecule has 0 radical (unpaired) electrons. The second-order valence-electron chi connectivity index (χ2n) is 4.87. The summed E-state index contributed by atoms with van der Waals surface area (Å²) < 4.78 is 13.1. The molecule has 3 heteroatoms. The molecule has 0 bridgehead atoms. The molecule has 1 aromatic carbocycles. The largest absolute Gasteiger partial charge is 0.294 e. The fourth-order valence-corrected chi connectivity index (χ4v) is 2.32. The molecule has 0 N–H and O–H groups in total. The van der Waals surface area contributed by atoms with Gasteiger partial charge in [0.1, 0.15) is 5.82 Å². The third-order valence-electron chi connectivity index (χ3n) is 3.20. The maximum absolute atomic E-state index is 13.1. The van der Waals surface area contributed by atoms with Crippen molar-refractivity contribution < 1.29 is 9.18 Å². The van der Waals surface area contributed by atoms with Crippen molar-refractivity contribution in [1.82, 2.24) is 4.98 Å². The Kier molecular flexibility index (Phi) is 3.74. The number of pyridine rings is 1. The van der Waals surface area contributed by atoms with Gasteiger partial charge >= 0.3 is 0 Å². The minimum absolute atomic E-state index is 0.109. The summed E-state index contributed by atoms with van der Waals surface area (Å²) in [5.74, 6) is -0.592. The van der Waals surface area contributed by atoms with Crippen molar-refractivity contribution in [2.45, 2.75) is 27.2 Å². The van der Waals surface area contributed by atoms with Crippen LogP contribution in [0.4, 0.5) is 4.39 Å². The van der Waals surface area contributed by atoms with Gasteiger partial charge in [-0.3, -0.25) is 9.78 Å². The van der Waals surface area contributed by atoms with Gasteiger partial charge in [-0.25, -0.2) is 4.39 Å². The number of ketones is 1. The summed E-state index contributed by atoms with van der Waals surface area (Å²) in [5.41, 5.74) is 4.70. The molecule has 0 saturated heterocycles. The zero-order valence-corrected chi connectivity index (χ0v) is 11.3. The van der Waals surface area contributed by atoms with Gasteiger partial charge in [-0.1, -0.05) is 17.7 Å². The highest BCUT2D eigenvalue weighted by Crippen LogP contribution is 2.18. The monoisotopic (exact) mass is 257 g/mol. The molecule has 0 unspecified atom stereocenters. The second kappa shape index (κ2) is 5.31. The van der Waals surface area contributed by atoms with Gasteiger partial charge in [0.15, 0.2) is 5.78 Å². The van der Waals surface area contributed by atoms with E-state index in [1.807, 2.05) is 20.8 Å². The number of benzene rings is 1. The van der Waals surface area contributed by atoms with Crippen LogP contribution in [0.5, 0.6) is 0 Å². The Morgan fingerprint density at radius 1 is 1.11 bits per heavy atom. The minimum Gasteiger partial charge on any atom is -0.294 e. The highest BCUT2D eigenvalue weighted by Gasteiger charge is 2.12. The normalized spacial score (nSPS) is 10.5. The molecule has 0 saturated carbocycles. The molecule has 0 atom stereocenters. The first-order valence-corrected chi connectivity index (χ1v) is 6.18. The summed E-state index contributed by atoms with van der Waals surface area (Å²) in [4.78, 5) is 15.9. The van der Waals surface area contributed by atoms with Crippen molar-refractivity contribution >= 4 is 5.78 Å². The fourth-order valence-electron chi connectivity index (χ4n) is 2.32. The molecule has 98 valence electrons. The van der Waals surface area contributed by atoms with Gasteiger partial charge in [0.05, 0.1) is 6.20 Å². The Bertz CT molecular complexity index is 611. The molecule has 0 aliphatic rings. The number of nitrogens with zero attached hydrogens (tertiary/aromatic N) is 1. The van der Waals surface area contributed by atoms with Crippen LogP contribution in [0.1, 0.15) is 32.6 Å². The summed E-state index contributed by atoms with van der Waals surface area (Å²) in [6.07, 6.45) is 2.78. The highest BCUT2D eigenvalue weighted by atomic mass is 19.1. The van der Waals surface area contributed by atoms with Crippen molar-refractivity contribution in [1.29, 1.82) is 0 Å². The lowest BCUT2D eigenvalue weighted by Gasteiger charge is -2.10. The van der Waals surface area contributed by atoms with Gasteiger partial charge in [-0.2, -0.15) is 0 Å². The van der Waals surface area contributed by atoms with E-state index in [1.165, 1.54) is 17.8 Å². The van der Waals surface area contributed by atoms with Gasteiger partial charge in [0, 0.05) is 18.2 Å². The van der Waals surface area contributed by atoms with Crippen LogP contribution in [0.15, 0.2) is 30.6 Å². The van der Waals surface area contributed by atoms with E-state index in [9.17, 15) is 9.18 Å². The molecule has 2 rings (SSSR count). The number of hydrogen-bond acceptors (Lipinski definition) is 2. The number of aryl methyl sites for hydroxylation is 3. The van der Waals surface area contributed by atoms with Crippen LogP contribution < -0.4 is 0 Å². The molecule has 2 nitrogen and oxygen atoms in total. The molecule has 19 heavy (non-hydrogen) atoms. The number of rotatable bonds is 3. The Hall–Kier alpha value is -2.03. The fraction of sp³-hybridized carbons (Fsp3) is 0.250. The smallest absolute Gasteiger partial charge is 0.168 e. The Balaban J connectivity index is 2.29. The summed E-state index contributed by atoms with van der Waals surface area (Å²) in [5, 5.41) is 0. The molecule has 0 aliphatic carbocycles. The van der Waals surface area contributed by atoms with Crippen LogP contribution in [0, 0.1) is 26.6 Å². The maximum Gasteiger partial charge on any atom is 0.168 e. The zero-order valence-electron chi connectivity index (χ0n) is 11.3. The Morgan fingerprint density at radius 2 is 1.74 bits per heavy atom. The third kappa shape index (κ3) is 3.05. The Labute approximate surface area is 112 Å². The van der Waals surface area contributed by atoms with E-state index >= 15 is 0 Å². The molecule has 2 aromatic rings. The lowest BCUT2D eigenvalue weighted by Crippen LogP contribution is -2.07. The van der Waals surface area contributed by atoms with Crippen molar-refractivity contribution in [2.24, 2.45) is 0 Å². The first kappa shape index (κ1) is 13.4. The van der Waals surface area contributed by atoms with Gasteiger partial charge in [-0.05, 0) is 43.5 Å². The molecular formula is C16H16FNO. The van der Waals surface area contributed by atoms with Crippen LogP contribution >= 0.6 is 0 Å². The van der Waals surface area contributed by atoms with E-state index in [4.69, 9.17) is 0 Å².